The average molecular weight is 179 g/mol. The number of carboxylic acids is 1. The van der Waals surface area contributed by atoms with Crippen molar-refractivity contribution in [2.24, 2.45) is 5.16 Å². The smallest absolute Gasteiger partial charge is 0.358 e. The van der Waals surface area contributed by atoms with Gasteiger partial charge in [0.2, 0.25) is 0 Å². The van der Waals surface area contributed by atoms with Crippen LogP contribution in [0.5, 0.6) is 0 Å². The predicted octanol–water partition coefficient (Wildman–Crippen LogP) is 1.12. The van der Waals surface area contributed by atoms with E-state index in [0.29, 0.717) is 5.56 Å². The van der Waals surface area contributed by atoms with Gasteiger partial charge in [0, 0.05) is 5.56 Å². The Morgan fingerprint density at radius 3 is 2.46 bits per heavy atom. The van der Waals surface area contributed by atoms with Crippen molar-refractivity contribution in [3.05, 3.63) is 35.9 Å². The first-order valence-corrected chi connectivity index (χ1v) is 3.65. The number of nitrogens with zero attached hydrogens (tertiary/aromatic N) is 1. The summed E-state index contributed by atoms with van der Waals surface area (Å²) in [6.07, 6.45) is 0. The summed E-state index contributed by atoms with van der Waals surface area (Å²) in [4.78, 5) is 15.1. The molecule has 0 heterocycles. The van der Waals surface area contributed by atoms with Crippen molar-refractivity contribution in [2.45, 2.75) is 0 Å². The fraction of sp³-hybridized carbons (Fsp3) is 0.111. The van der Waals surface area contributed by atoms with E-state index in [-0.39, 0.29) is 5.71 Å². The van der Waals surface area contributed by atoms with Gasteiger partial charge in [-0.3, -0.25) is 0 Å². The third kappa shape index (κ3) is 2.30. The maximum Gasteiger partial charge on any atom is 0.358 e. The molecule has 13 heavy (non-hydrogen) atoms. The molecule has 0 saturated carbocycles. The van der Waals surface area contributed by atoms with Gasteiger partial charge in [0.1, 0.15) is 7.11 Å². The van der Waals surface area contributed by atoms with E-state index >= 15 is 0 Å². The summed E-state index contributed by atoms with van der Waals surface area (Å²) in [7, 11) is 1.31. The fourth-order valence-electron chi connectivity index (χ4n) is 0.903. The molecule has 0 spiro atoms. The van der Waals surface area contributed by atoms with Crippen molar-refractivity contribution in [3.8, 4) is 0 Å². The van der Waals surface area contributed by atoms with Crippen molar-refractivity contribution < 1.29 is 14.7 Å². The Bertz CT molecular complexity index is 319. The van der Waals surface area contributed by atoms with E-state index < -0.39 is 5.97 Å². The molecule has 0 amide bonds. The van der Waals surface area contributed by atoms with E-state index in [1.54, 1.807) is 30.3 Å². The van der Waals surface area contributed by atoms with Gasteiger partial charge in [-0.2, -0.15) is 0 Å². The van der Waals surface area contributed by atoms with Crippen LogP contribution in [0.25, 0.3) is 0 Å². The molecule has 0 aliphatic heterocycles. The Morgan fingerprint density at radius 1 is 1.38 bits per heavy atom. The van der Waals surface area contributed by atoms with E-state index in [1.807, 2.05) is 0 Å². The molecule has 4 nitrogen and oxygen atoms in total. The van der Waals surface area contributed by atoms with Crippen molar-refractivity contribution in [2.75, 3.05) is 7.11 Å². The molecule has 0 bridgehead atoms. The van der Waals surface area contributed by atoms with Gasteiger partial charge in [-0.15, -0.1) is 0 Å². The maximum atomic E-state index is 10.7. The topological polar surface area (TPSA) is 58.9 Å². The minimum absolute atomic E-state index is 0.0944. The molecular weight excluding hydrogens is 170 g/mol. The monoisotopic (exact) mass is 179 g/mol. The highest BCUT2D eigenvalue weighted by molar-refractivity contribution is 6.42. The molecule has 0 aliphatic carbocycles. The summed E-state index contributed by atoms with van der Waals surface area (Å²) in [5, 5.41) is 12.2. The lowest BCUT2D eigenvalue weighted by molar-refractivity contribution is -0.129. The van der Waals surface area contributed by atoms with Gasteiger partial charge in [0.05, 0.1) is 0 Å². The van der Waals surface area contributed by atoms with Gasteiger partial charge in [-0.1, -0.05) is 35.5 Å². The first-order valence-electron chi connectivity index (χ1n) is 3.65. The van der Waals surface area contributed by atoms with Gasteiger partial charge in [0.15, 0.2) is 5.71 Å². The zero-order valence-electron chi connectivity index (χ0n) is 7.10. The normalized spacial score (nSPS) is 11.0. The van der Waals surface area contributed by atoms with Crippen LogP contribution in [0.4, 0.5) is 0 Å². The van der Waals surface area contributed by atoms with Crippen LogP contribution in [0.3, 0.4) is 0 Å². The minimum Gasteiger partial charge on any atom is -0.476 e. The van der Waals surface area contributed by atoms with E-state index in [1.165, 1.54) is 7.11 Å². The van der Waals surface area contributed by atoms with Gasteiger partial charge in [-0.05, 0) is 0 Å². The van der Waals surface area contributed by atoms with Crippen LogP contribution in [-0.2, 0) is 9.63 Å². The zero-order valence-corrected chi connectivity index (χ0v) is 7.10. The highest BCUT2D eigenvalue weighted by Gasteiger charge is 2.12. The number of benzene rings is 1. The molecule has 0 radical (unpaired) electrons. The van der Waals surface area contributed by atoms with E-state index in [9.17, 15) is 4.79 Å². The molecular formula is C9H9NO3. The lowest BCUT2D eigenvalue weighted by Crippen LogP contribution is -2.14. The molecule has 0 saturated heterocycles. The van der Waals surface area contributed by atoms with Crippen LogP contribution >= 0.6 is 0 Å². The Labute approximate surface area is 75.4 Å². The first kappa shape index (κ1) is 9.25. The number of carboxylic acid groups (broad SMARTS) is 1. The Morgan fingerprint density at radius 2 is 2.00 bits per heavy atom. The molecule has 1 N–H and O–H groups in total. The van der Waals surface area contributed by atoms with Crippen LogP contribution < -0.4 is 0 Å². The fourth-order valence-corrected chi connectivity index (χ4v) is 0.903. The quantitative estimate of drug-likeness (QED) is 0.558. The number of hydrogen-bond acceptors (Lipinski definition) is 3. The zero-order chi connectivity index (χ0) is 9.68. The minimum atomic E-state index is -1.10. The van der Waals surface area contributed by atoms with Crippen LogP contribution in [0, 0.1) is 0 Å². The van der Waals surface area contributed by atoms with Crippen LogP contribution in [-0.4, -0.2) is 23.9 Å². The van der Waals surface area contributed by atoms with Crippen molar-refractivity contribution in [3.63, 3.8) is 0 Å². The molecule has 1 rings (SSSR count). The molecule has 1 aromatic carbocycles. The van der Waals surface area contributed by atoms with Crippen molar-refractivity contribution >= 4 is 11.7 Å². The predicted molar refractivity (Wildman–Crippen MR) is 47.6 cm³/mol. The molecule has 0 aliphatic rings. The van der Waals surface area contributed by atoms with Gasteiger partial charge >= 0.3 is 5.97 Å². The summed E-state index contributed by atoms with van der Waals surface area (Å²) >= 11 is 0. The van der Waals surface area contributed by atoms with Gasteiger partial charge < -0.3 is 9.94 Å². The number of oxime groups is 1. The third-order valence-corrected chi connectivity index (χ3v) is 1.43. The van der Waals surface area contributed by atoms with Gasteiger partial charge in [0.25, 0.3) is 0 Å². The number of carbonyl (C=O) groups is 1. The molecule has 0 aromatic heterocycles. The molecule has 1 aromatic rings. The summed E-state index contributed by atoms with van der Waals surface area (Å²) in [5.41, 5.74) is 0.431. The molecule has 0 unspecified atom stereocenters. The van der Waals surface area contributed by atoms with Gasteiger partial charge in [-0.25, -0.2) is 4.79 Å². The first-order chi connectivity index (χ1) is 6.25. The lowest BCUT2D eigenvalue weighted by atomic mass is 10.1. The van der Waals surface area contributed by atoms with Crippen molar-refractivity contribution in [1.82, 2.24) is 0 Å². The Kier molecular flexibility index (Phi) is 3.03. The Balaban J connectivity index is 3.03. The van der Waals surface area contributed by atoms with Crippen LogP contribution in [0.1, 0.15) is 5.56 Å². The number of rotatable bonds is 3. The largest absolute Gasteiger partial charge is 0.476 e. The second-order valence-corrected chi connectivity index (χ2v) is 2.29. The van der Waals surface area contributed by atoms with Crippen LogP contribution in [0.15, 0.2) is 35.5 Å². The summed E-state index contributed by atoms with van der Waals surface area (Å²) < 4.78 is 0. The summed E-state index contributed by atoms with van der Waals surface area (Å²) in [6.45, 7) is 0. The second kappa shape index (κ2) is 4.25. The highest BCUT2D eigenvalue weighted by Crippen LogP contribution is 2.01. The average Bonchev–Trinajstić information content (AvgIpc) is 2.15. The second-order valence-electron chi connectivity index (χ2n) is 2.29. The molecule has 68 valence electrons. The Hall–Kier alpha value is -1.84. The highest BCUT2D eigenvalue weighted by atomic mass is 16.6. The summed E-state index contributed by atoms with van der Waals surface area (Å²) in [5.74, 6) is -1.10. The number of hydrogen-bond donors (Lipinski definition) is 1. The van der Waals surface area contributed by atoms with E-state index in [4.69, 9.17) is 5.11 Å². The maximum absolute atomic E-state index is 10.7. The van der Waals surface area contributed by atoms with Crippen LogP contribution in [0.2, 0.25) is 0 Å². The number of aliphatic carboxylic acids is 1. The summed E-state index contributed by atoms with van der Waals surface area (Å²) in [6, 6.07) is 8.60. The van der Waals surface area contributed by atoms with E-state index in [0.717, 1.165) is 0 Å². The standard InChI is InChI=1S/C9H9NO3/c1-13-10-8(9(11)12)7-5-3-2-4-6-7/h2-6H,1H3,(H,11,12)/b10-8+. The molecule has 0 fully saturated rings. The molecule has 0 atom stereocenters. The van der Waals surface area contributed by atoms with E-state index in [2.05, 4.69) is 9.99 Å². The third-order valence-electron chi connectivity index (χ3n) is 1.43. The molecule has 4 heteroatoms. The van der Waals surface area contributed by atoms with Crippen molar-refractivity contribution in [1.29, 1.82) is 0 Å². The SMILES string of the molecule is CO/N=C(/C(=O)O)c1ccccc1. The lowest BCUT2D eigenvalue weighted by Gasteiger charge is -1.98.